The predicted octanol–water partition coefficient (Wildman–Crippen LogP) is 17.6. The molecule has 0 rings (SSSR count). The van der Waals surface area contributed by atoms with Gasteiger partial charge in [-0.05, 0) is 57.8 Å². The van der Waals surface area contributed by atoms with Gasteiger partial charge in [0.15, 0.2) is 6.10 Å². The molecule has 6 heteroatoms. The highest BCUT2D eigenvalue weighted by Crippen LogP contribution is 2.16. The number of rotatable bonds is 47. The summed E-state index contributed by atoms with van der Waals surface area (Å²) >= 11 is 0. The quantitative estimate of drug-likeness (QED) is 0.0262. The van der Waals surface area contributed by atoms with E-state index in [1.165, 1.54) is 116 Å². The number of carbonyl (C=O) groups is 3. The van der Waals surface area contributed by atoms with Crippen LogP contribution in [0, 0.1) is 0 Å². The van der Waals surface area contributed by atoms with Crippen molar-refractivity contribution in [3.05, 3.63) is 85.1 Å². The molecule has 0 saturated heterocycles. The maximum Gasteiger partial charge on any atom is 0.306 e. The fraction of sp³-hybridized carbons (Fsp3) is 0.707. The molecule has 1 unspecified atom stereocenters. The molecule has 0 aliphatic carbocycles. The fourth-order valence-electron chi connectivity index (χ4n) is 7.34. The van der Waals surface area contributed by atoms with Gasteiger partial charge in [-0.25, -0.2) is 0 Å². The van der Waals surface area contributed by atoms with E-state index in [4.69, 9.17) is 14.2 Å². The van der Waals surface area contributed by atoms with Crippen LogP contribution in [0.25, 0.3) is 0 Å². The maximum atomic E-state index is 12.8. The van der Waals surface area contributed by atoms with Gasteiger partial charge in [-0.1, -0.05) is 254 Å². The minimum Gasteiger partial charge on any atom is -0.462 e. The number of hydrogen-bond donors (Lipinski definition) is 0. The first kappa shape index (κ1) is 60.6. The monoisotopic (exact) mass is 891 g/mol. The Balaban J connectivity index is 4.41. The second-order valence-corrected chi connectivity index (χ2v) is 17.5. The molecule has 0 fully saturated rings. The van der Waals surface area contributed by atoms with Crippen molar-refractivity contribution >= 4 is 17.9 Å². The Hall–Kier alpha value is -3.41. The average molecular weight is 891 g/mol. The summed E-state index contributed by atoms with van der Waals surface area (Å²) in [6.07, 6.45) is 67.1. The highest BCUT2D eigenvalue weighted by atomic mass is 16.6. The number of carbonyl (C=O) groups excluding carboxylic acids is 3. The lowest BCUT2D eigenvalue weighted by Gasteiger charge is -2.18. The largest absolute Gasteiger partial charge is 0.462 e. The molecule has 0 aromatic heterocycles. The van der Waals surface area contributed by atoms with Gasteiger partial charge >= 0.3 is 17.9 Å². The number of unbranched alkanes of at least 4 members (excludes halogenated alkanes) is 27. The fourth-order valence-corrected chi connectivity index (χ4v) is 7.34. The van der Waals surface area contributed by atoms with Crippen molar-refractivity contribution < 1.29 is 28.6 Å². The Morgan fingerprint density at radius 3 is 0.969 bits per heavy atom. The predicted molar refractivity (Wildman–Crippen MR) is 274 cm³/mol. The molecule has 0 spiro atoms. The van der Waals surface area contributed by atoms with Gasteiger partial charge in [0.05, 0.1) is 0 Å². The molecule has 0 saturated carbocycles. The zero-order valence-corrected chi connectivity index (χ0v) is 41.8. The smallest absolute Gasteiger partial charge is 0.306 e. The van der Waals surface area contributed by atoms with Gasteiger partial charge in [-0.15, -0.1) is 0 Å². The van der Waals surface area contributed by atoms with E-state index in [2.05, 4.69) is 69.4 Å². The van der Waals surface area contributed by atoms with Gasteiger partial charge in [-0.2, -0.15) is 0 Å². The van der Waals surface area contributed by atoms with Gasteiger partial charge in [0.25, 0.3) is 0 Å². The van der Waals surface area contributed by atoms with Crippen molar-refractivity contribution in [1.29, 1.82) is 0 Å². The van der Waals surface area contributed by atoms with Crippen LogP contribution in [-0.4, -0.2) is 37.2 Å². The number of allylic oxidation sites excluding steroid dienone is 14. The SMILES string of the molecule is CC/C=C/C=C/C=C/C=C/CCCCCC(=O)OCC(COC(=O)CCCCCCCCCCCCCCCCCCCC)OC(=O)CCCCCCCCC/C=C/C=C/C=C/CC. The summed E-state index contributed by atoms with van der Waals surface area (Å²) in [5.74, 6) is -0.943. The van der Waals surface area contributed by atoms with Gasteiger partial charge < -0.3 is 14.2 Å². The van der Waals surface area contributed by atoms with E-state index in [9.17, 15) is 14.4 Å². The molecule has 64 heavy (non-hydrogen) atoms. The lowest BCUT2D eigenvalue weighted by molar-refractivity contribution is -0.167. The van der Waals surface area contributed by atoms with E-state index in [1.807, 2.05) is 36.5 Å². The average Bonchev–Trinajstić information content (AvgIpc) is 3.29. The van der Waals surface area contributed by atoms with E-state index in [1.54, 1.807) is 0 Å². The van der Waals surface area contributed by atoms with Gasteiger partial charge in [0.2, 0.25) is 0 Å². The molecule has 1 atom stereocenters. The maximum absolute atomic E-state index is 12.8. The second kappa shape index (κ2) is 52.2. The third-order valence-corrected chi connectivity index (χ3v) is 11.3. The van der Waals surface area contributed by atoms with Crippen LogP contribution >= 0.6 is 0 Å². The Bertz CT molecular complexity index is 1250. The van der Waals surface area contributed by atoms with Crippen molar-refractivity contribution in [2.24, 2.45) is 0 Å². The molecule has 366 valence electrons. The molecule has 0 heterocycles. The molecule has 0 N–H and O–H groups in total. The van der Waals surface area contributed by atoms with Crippen molar-refractivity contribution in [2.75, 3.05) is 13.2 Å². The number of ether oxygens (including phenoxy) is 3. The van der Waals surface area contributed by atoms with Gasteiger partial charge in [-0.3, -0.25) is 14.4 Å². The first-order chi connectivity index (χ1) is 31.5. The van der Waals surface area contributed by atoms with Crippen molar-refractivity contribution in [3.8, 4) is 0 Å². The molecule has 6 nitrogen and oxygen atoms in total. The molecule has 0 aromatic carbocycles. The Labute approximate surface area is 395 Å². The Morgan fingerprint density at radius 1 is 0.328 bits per heavy atom. The first-order valence-electron chi connectivity index (χ1n) is 26.7. The van der Waals surface area contributed by atoms with E-state index in [0.717, 1.165) is 89.9 Å². The molecule has 0 aliphatic heterocycles. The Morgan fingerprint density at radius 2 is 0.609 bits per heavy atom. The van der Waals surface area contributed by atoms with Crippen LogP contribution < -0.4 is 0 Å². The molecule has 0 amide bonds. The van der Waals surface area contributed by atoms with Crippen LogP contribution in [0.3, 0.4) is 0 Å². The van der Waals surface area contributed by atoms with Crippen LogP contribution in [0.4, 0.5) is 0 Å². The van der Waals surface area contributed by atoms with Gasteiger partial charge in [0, 0.05) is 19.3 Å². The molecule has 0 bridgehead atoms. The van der Waals surface area contributed by atoms with E-state index >= 15 is 0 Å². The van der Waals surface area contributed by atoms with Crippen LogP contribution in [0.1, 0.15) is 245 Å². The van der Waals surface area contributed by atoms with E-state index in [0.29, 0.717) is 19.3 Å². The summed E-state index contributed by atoms with van der Waals surface area (Å²) in [6.45, 7) is 6.33. The molecule has 0 radical (unpaired) electrons. The molecular weight excluding hydrogens is 793 g/mol. The van der Waals surface area contributed by atoms with Crippen molar-refractivity contribution in [2.45, 2.75) is 252 Å². The standard InChI is InChI=1S/C58H98O6/c1-4-7-10-13-16-19-22-25-27-28-29-31-33-36-39-42-45-48-51-57(60)63-54-55(53-62-56(59)50-47-44-41-38-35-32-24-21-18-15-12-9-6-3)64-58(61)52-49-46-43-40-37-34-30-26-23-20-17-14-11-8-5-2/h8-9,11-12,14-15,17-18,20-21,23-24,32,35,55H,4-7,10,13,16,19,22,25-31,33-34,36-54H2,1-3H3/b11-8+,12-9+,17-14+,18-15+,23-20+,24-21+,35-32+. The first-order valence-corrected chi connectivity index (χ1v) is 26.7. The highest BCUT2D eigenvalue weighted by Gasteiger charge is 2.19. The molecule has 0 aromatic rings. The third kappa shape index (κ3) is 49.6. The molecular formula is C58H98O6. The zero-order valence-electron chi connectivity index (χ0n) is 41.8. The van der Waals surface area contributed by atoms with E-state index in [-0.39, 0.29) is 31.1 Å². The third-order valence-electron chi connectivity index (χ3n) is 11.3. The number of esters is 3. The van der Waals surface area contributed by atoms with Crippen molar-refractivity contribution in [1.82, 2.24) is 0 Å². The van der Waals surface area contributed by atoms with Crippen LogP contribution in [0.5, 0.6) is 0 Å². The minimum absolute atomic E-state index is 0.0930. The topological polar surface area (TPSA) is 78.9 Å². The molecule has 0 aliphatic rings. The second-order valence-electron chi connectivity index (χ2n) is 17.5. The van der Waals surface area contributed by atoms with Crippen LogP contribution in [-0.2, 0) is 28.6 Å². The summed E-state index contributed by atoms with van der Waals surface area (Å²) in [5.41, 5.74) is 0. The lowest BCUT2D eigenvalue weighted by atomic mass is 10.0. The van der Waals surface area contributed by atoms with E-state index < -0.39 is 6.10 Å². The van der Waals surface area contributed by atoms with Crippen LogP contribution in [0.15, 0.2) is 85.1 Å². The van der Waals surface area contributed by atoms with Crippen LogP contribution in [0.2, 0.25) is 0 Å². The Kier molecular flexibility index (Phi) is 49.4. The summed E-state index contributed by atoms with van der Waals surface area (Å²) in [5, 5.41) is 0. The summed E-state index contributed by atoms with van der Waals surface area (Å²) < 4.78 is 16.8. The number of hydrogen-bond acceptors (Lipinski definition) is 6. The summed E-state index contributed by atoms with van der Waals surface area (Å²) in [6, 6.07) is 0. The highest BCUT2D eigenvalue weighted by molar-refractivity contribution is 5.71. The minimum atomic E-state index is -0.797. The normalized spacial score (nSPS) is 12.7. The summed E-state index contributed by atoms with van der Waals surface area (Å²) in [4.78, 5) is 38.0. The van der Waals surface area contributed by atoms with Crippen molar-refractivity contribution in [3.63, 3.8) is 0 Å². The zero-order chi connectivity index (χ0) is 46.5. The lowest BCUT2D eigenvalue weighted by Crippen LogP contribution is -2.30. The summed E-state index contributed by atoms with van der Waals surface area (Å²) in [7, 11) is 0. The van der Waals surface area contributed by atoms with Gasteiger partial charge in [0.1, 0.15) is 13.2 Å².